The highest BCUT2D eigenvalue weighted by Gasteiger charge is 2.09. The number of benzene rings is 1. The first-order valence-corrected chi connectivity index (χ1v) is 6.44. The van der Waals surface area contributed by atoms with Crippen LogP contribution in [0.3, 0.4) is 0 Å². The maximum atomic E-state index is 5.26. The largest absolute Gasteiger partial charge is 0.383 e. The highest BCUT2D eigenvalue weighted by Crippen LogP contribution is 2.22. The van der Waals surface area contributed by atoms with E-state index >= 15 is 0 Å². The normalized spacial score (nSPS) is 12.6. The first-order valence-electron chi connectivity index (χ1n) is 6.44. The molecule has 0 saturated carbocycles. The van der Waals surface area contributed by atoms with E-state index < -0.39 is 0 Å². The molecule has 3 heteroatoms. The second-order valence-corrected chi connectivity index (χ2v) is 4.46. The zero-order valence-electron chi connectivity index (χ0n) is 11.0. The minimum Gasteiger partial charge on any atom is -0.383 e. The van der Waals surface area contributed by atoms with Gasteiger partial charge in [0.2, 0.25) is 0 Å². The molecule has 1 aromatic carbocycles. The van der Waals surface area contributed by atoms with Crippen LogP contribution < -0.4 is 5.32 Å². The minimum atomic E-state index is 0.353. The Morgan fingerprint density at radius 1 is 1.28 bits per heavy atom. The summed E-state index contributed by atoms with van der Waals surface area (Å²) in [5.74, 6) is 0. The Bertz CT molecular complexity index is 487. The minimum absolute atomic E-state index is 0.353. The summed E-state index contributed by atoms with van der Waals surface area (Å²) in [4.78, 5) is 4.37. The fourth-order valence-corrected chi connectivity index (χ4v) is 2.19. The van der Waals surface area contributed by atoms with Gasteiger partial charge < -0.3 is 10.1 Å². The van der Waals surface area contributed by atoms with Gasteiger partial charge >= 0.3 is 0 Å². The number of anilines is 1. The Balaban J connectivity index is 2.24. The van der Waals surface area contributed by atoms with E-state index in [0.29, 0.717) is 6.04 Å². The molecule has 1 heterocycles. The second kappa shape index (κ2) is 6.36. The number of aromatic nitrogens is 1. The van der Waals surface area contributed by atoms with Crippen LogP contribution in [0.4, 0.5) is 5.69 Å². The molecule has 1 aromatic heterocycles. The summed E-state index contributed by atoms with van der Waals surface area (Å²) in [5.41, 5.74) is 2.16. The predicted octanol–water partition coefficient (Wildman–Crippen LogP) is 3.46. The lowest BCUT2D eigenvalue weighted by Crippen LogP contribution is -2.24. The summed E-state index contributed by atoms with van der Waals surface area (Å²) >= 11 is 0. The van der Waals surface area contributed by atoms with E-state index in [0.717, 1.165) is 36.0 Å². The van der Waals surface area contributed by atoms with E-state index in [1.54, 1.807) is 7.11 Å². The van der Waals surface area contributed by atoms with Gasteiger partial charge in [-0.3, -0.25) is 4.98 Å². The molecule has 0 radical (unpaired) electrons. The van der Waals surface area contributed by atoms with Gasteiger partial charge in [0.25, 0.3) is 0 Å². The van der Waals surface area contributed by atoms with Gasteiger partial charge in [-0.2, -0.15) is 0 Å². The molecule has 0 spiro atoms. The summed E-state index contributed by atoms with van der Waals surface area (Å²) in [7, 11) is 1.75. The van der Waals surface area contributed by atoms with Crippen LogP contribution in [0.15, 0.2) is 36.5 Å². The number of hydrogen-bond acceptors (Lipinski definition) is 3. The average molecular weight is 244 g/mol. The fourth-order valence-electron chi connectivity index (χ4n) is 2.19. The van der Waals surface area contributed by atoms with Gasteiger partial charge in [-0.1, -0.05) is 31.5 Å². The Hall–Kier alpha value is -1.61. The van der Waals surface area contributed by atoms with E-state index in [1.807, 2.05) is 30.5 Å². The molecule has 0 aliphatic rings. The van der Waals surface area contributed by atoms with Crippen molar-refractivity contribution in [3.63, 3.8) is 0 Å². The molecule has 0 bridgehead atoms. The van der Waals surface area contributed by atoms with E-state index in [9.17, 15) is 0 Å². The van der Waals surface area contributed by atoms with Crippen LogP contribution in [0.25, 0.3) is 10.9 Å². The smallest absolute Gasteiger partial charge is 0.0722 e. The van der Waals surface area contributed by atoms with E-state index in [1.165, 1.54) is 0 Å². The quantitative estimate of drug-likeness (QED) is 0.845. The summed E-state index contributed by atoms with van der Waals surface area (Å²) in [5, 5.41) is 4.72. The standard InChI is InChI=1S/C15H20N2O/c1-3-6-12(11-18-2)17-15-9-10-16-14-8-5-4-7-13(14)15/h4-5,7-10,12H,3,6,11H2,1-2H3,(H,16,17). The molecule has 96 valence electrons. The second-order valence-electron chi connectivity index (χ2n) is 4.46. The van der Waals surface area contributed by atoms with Gasteiger partial charge in [0.15, 0.2) is 0 Å². The number of hydrogen-bond donors (Lipinski definition) is 1. The number of pyridine rings is 1. The van der Waals surface area contributed by atoms with Crippen LogP contribution in [-0.2, 0) is 4.74 Å². The van der Waals surface area contributed by atoms with Crippen molar-refractivity contribution < 1.29 is 4.74 Å². The van der Waals surface area contributed by atoms with E-state index in [4.69, 9.17) is 4.74 Å². The Labute approximate surface area is 108 Å². The van der Waals surface area contributed by atoms with Crippen molar-refractivity contribution in [3.05, 3.63) is 36.5 Å². The zero-order chi connectivity index (χ0) is 12.8. The summed E-state index contributed by atoms with van der Waals surface area (Å²) < 4.78 is 5.26. The zero-order valence-corrected chi connectivity index (χ0v) is 11.0. The monoisotopic (exact) mass is 244 g/mol. The molecule has 1 N–H and O–H groups in total. The van der Waals surface area contributed by atoms with Crippen molar-refractivity contribution in [1.82, 2.24) is 4.98 Å². The van der Waals surface area contributed by atoms with Gasteiger partial charge in [-0.05, 0) is 18.6 Å². The van der Waals surface area contributed by atoms with Gasteiger partial charge in [-0.25, -0.2) is 0 Å². The molecule has 2 rings (SSSR count). The van der Waals surface area contributed by atoms with Gasteiger partial charge in [0.1, 0.15) is 0 Å². The van der Waals surface area contributed by atoms with Crippen LogP contribution in [0.2, 0.25) is 0 Å². The van der Waals surface area contributed by atoms with Crippen molar-refractivity contribution in [2.45, 2.75) is 25.8 Å². The molecule has 0 saturated heterocycles. The van der Waals surface area contributed by atoms with Crippen LogP contribution in [0, 0.1) is 0 Å². The Morgan fingerprint density at radius 2 is 2.11 bits per heavy atom. The number of nitrogens with zero attached hydrogens (tertiary/aromatic N) is 1. The molecular formula is C15H20N2O. The molecule has 1 unspecified atom stereocenters. The molecule has 1 atom stereocenters. The Morgan fingerprint density at radius 3 is 2.89 bits per heavy atom. The van der Waals surface area contributed by atoms with Crippen LogP contribution in [0.1, 0.15) is 19.8 Å². The lowest BCUT2D eigenvalue weighted by molar-refractivity contribution is 0.182. The van der Waals surface area contributed by atoms with E-state index in [2.05, 4.69) is 23.3 Å². The third-order valence-corrected chi connectivity index (χ3v) is 3.01. The number of ether oxygens (including phenoxy) is 1. The third kappa shape index (κ3) is 2.99. The number of methoxy groups -OCH3 is 1. The molecular weight excluding hydrogens is 224 g/mol. The summed E-state index contributed by atoms with van der Waals surface area (Å²) in [6.07, 6.45) is 4.09. The molecule has 0 aliphatic carbocycles. The van der Waals surface area contributed by atoms with Crippen molar-refractivity contribution in [3.8, 4) is 0 Å². The van der Waals surface area contributed by atoms with Crippen molar-refractivity contribution in [2.24, 2.45) is 0 Å². The topological polar surface area (TPSA) is 34.1 Å². The SMILES string of the molecule is CCCC(COC)Nc1ccnc2ccccc12. The molecule has 0 aliphatic heterocycles. The summed E-state index contributed by atoms with van der Waals surface area (Å²) in [6, 6.07) is 10.6. The van der Waals surface area contributed by atoms with Crippen molar-refractivity contribution >= 4 is 16.6 Å². The van der Waals surface area contributed by atoms with Crippen molar-refractivity contribution in [2.75, 3.05) is 19.0 Å². The number of rotatable bonds is 6. The van der Waals surface area contributed by atoms with E-state index in [-0.39, 0.29) is 0 Å². The Kier molecular flexibility index (Phi) is 4.53. The highest BCUT2D eigenvalue weighted by molar-refractivity contribution is 5.90. The van der Waals surface area contributed by atoms with Crippen LogP contribution in [0.5, 0.6) is 0 Å². The van der Waals surface area contributed by atoms with Crippen molar-refractivity contribution in [1.29, 1.82) is 0 Å². The summed E-state index contributed by atoms with van der Waals surface area (Å²) in [6.45, 7) is 2.92. The number of fused-ring (bicyclic) bond motifs is 1. The van der Waals surface area contributed by atoms with Crippen LogP contribution in [-0.4, -0.2) is 24.7 Å². The lowest BCUT2D eigenvalue weighted by Gasteiger charge is -2.19. The first kappa shape index (κ1) is 12.8. The lowest BCUT2D eigenvalue weighted by atomic mass is 10.1. The molecule has 18 heavy (non-hydrogen) atoms. The highest BCUT2D eigenvalue weighted by atomic mass is 16.5. The average Bonchev–Trinajstić information content (AvgIpc) is 2.40. The molecule has 2 aromatic rings. The number of para-hydroxylation sites is 1. The fraction of sp³-hybridized carbons (Fsp3) is 0.400. The third-order valence-electron chi connectivity index (χ3n) is 3.01. The van der Waals surface area contributed by atoms with Gasteiger partial charge in [0, 0.05) is 30.4 Å². The maximum Gasteiger partial charge on any atom is 0.0722 e. The molecule has 0 fully saturated rings. The molecule has 0 amide bonds. The maximum absolute atomic E-state index is 5.26. The van der Waals surface area contributed by atoms with Gasteiger partial charge in [-0.15, -0.1) is 0 Å². The number of nitrogens with one attached hydrogen (secondary N) is 1. The molecule has 3 nitrogen and oxygen atoms in total. The predicted molar refractivity (Wildman–Crippen MR) is 75.9 cm³/mol. The first-order chi connectivity index (χ1) is 8.85. The van der Waals surface area contributed by atoms with Gasteiger partial charge in [0.05, 0.1) is 12.1 Å². The van der Waals surface area contributed by atoms with Crippen LogP contribution >= 0.6 is 0 Å².